The second kappa shape index (κ2) is 5.99. The number of hydrogen-bond acceptors (Lipinski definition) is 0. The molecule has 1 aromatic heterocycles. The van der Waals surface area contributed by atoms with Crippen LogP contribution in [0, 0.1) is 5.82 Å². The van der Waals surface area contributed by atoms with E-state index >= 15 is 0 Å². The van der Waals surface area contributed by atoms with Crippen molar-refractivity contribution in [2.24, 2.45) is 0 Å². The van der Waals surface area contributed by atoms with Gasteiger partial charge in [0.05, 0.1) is 0 Å². The SMILES string of the molecule is F[B-](F)(F)F.Fc1ccc2cc(-c3ccccc3)[nH]c2c1.[H+]. The van der Waals surface area contributed by atoms with Gasteiger partial charge in [0.2, 0.25) is 0 Å². The van der Waals surface area contributed by atoms with Crippen LogP contribution in [-0.2, 0) is 0 Å². The standard InChI is InChI=1S/C14H10FN.BF4/c15-12-7-6-11-8-13(16-14(11)9-12)10-4-2-1-3-5-10;2-1(3,4)5/h1-9,16H;/q;-1/p+1. The Morgan fingerprint density at radius 3 is 2.10 bits per heavy atom. The Hall–Kier alpha value is -2.31. The first-order chi connectivity index (χ1) is 9.83. The lowest BCUT2D eigenvalue weighted by Gasteiger charge is -1.95. The Balaban J connectivity index is 0.000000356. The topological polar surface area (TPSA) is 15.8 Å². The van der Waals surface area contributed by atoms with Crippen molar-refractivity contribution in [1.82, 2.24) is 4.98 Å². The molecule has 1 heterocycles. The minimum absolute atomic E-state index is 0. The molecule has 0 aliphatic rings. The number of benzene rings is 2. The highest BCUT2D eigenvalue weighted by Gasteiger charge is 2.20. The first-order valence-corrected chi connectivity index (χ1v) is 6.04. The molecule has 0 aliphatic carbocycles. The van der Waals surface area contributed by atoms with Crippen molar-refractivity contribution in [3.8, 4) is 11.3 Å². The third-order valence-corrected chi connectivity index (χ3v) is 2.67. The maximum atomic E-state index is 13.0. The molecule has 7 heteroatoms. The minimum Gasteiger partial charge on any atom is -0.418 e. The zero-order valence-corrected chi connectivity index (χ0v) is 10.7. The summed E-state index contributed by atoms with van der Waals surface area (Å²) < 4.78 is 52.0. The average Bonchev–Trinajstić information content (AvgIpc) is 2.81. The van der Waals surface area contributed by atoms with Gasteiger partial charge in [0.1, 0.15) is 5.82 Å². The largest absolute Gasteiger partial charge is 1.00 e. The van der Waals surface area contributed by atoms with E-state index in [1.54, 1.807) is 6.07 Å². The summed E-state index contributed by atoms with van der Waals surface area (Å²) in [7, 11) is -6.00. The monoisotopic (exact) mass is 299 g/mol. The summed E-state index contributed by atoms with van der Waals surface area (Å²) in [6.07, 6.45) is 0. The third-order valence-electron chi connectivity index (χ3n) is 2.67. The fourth-order valence-electron chi connectivity index (χ4n) is 1.87. The Bertz CT molecular complexity index is 721. The van der Waals surface area contributed by atoms with Crippen molar-refractivity contribution in [2.45, 2.75) is 0 Å². The molecule has 0 amide bonds. The van der Waals surface area contributed by atoms with Gasteiger partial charge in [-0.25, -0.2) is 4.39 Å². The molecule has 3 rings (SSSR count). The second-order valence-corrected chi connectivity index (χ2v) is 4.28. The van der Waals surface area contributed by atoms with Gasteiger partial charge >= 0.3 is 8.68 Å². The van der Waals surface area contributed by atoms with Gasteiger partial charge < -0.3 is 22.2 Å². The third kappa shape index (κ3) is 4.63. The van der Waals surface area contributed by atoms with Gasteiger partial charge in [0.25, 0.3) is 0 Å². The molecule has 110 valence electrons. The van der Waals surface area contributed by atoms with Crippen molar-refractivity contribution in [2.75, 3.05) is 0 Å². The number of rotatable bonds is 1. The molecule has 0 saturated heterocycles. The highest BCUT2D eigenvalue weighted by Crippen LogP contribution is 2.24. The Morgan fingerprint density at radius 1 is 0.857 bits per heavy atom. The predicted octanol–water partition coefficient (Wildman–Crippen LogP) is 5.39. The van der Waals surface area contributed by atoms with Crippen LogP contribution >= 0.6 is 0 Å². The van der Waals surface area contributed by atoms with Crippen molar-refractivity contribution >= 4 is 18.2 Å². The van der Waals surface area contributed by atoms with Gasteiger partial charge in [-0.05, 0) is 29.8 Å². The van der Waals surface area contributed by atoms with Gasteiger partial charge in [0, 0.05) is 16.6 Å². The molecule has 3 aromatic rings. The van der Waals surface area contributed by atoms with Gasteiger partial charge in [-0.2, -0.15) is 0 Å². The molecule has 0 fully saturated rings. The molecule has 21 heavy (non-hydrogen) atoms. The van der Waals surface area contributed by atoms with Crippen molar-refractivity contribution in [1.29, 1.82) is 0 Å². The number of H-pyrrole nitrogens is 1. The van der Waals surface area contributed by atoms with Crippen LogP contribution < -0.4 is 0 Å². The lowest BCUT2D eigenvalue weighted by Crippen LogP contribution is -2.02. The molecule has 1 nitrogen and oxygen atoms in total. The smallest absolute Gasteiger partial charge is 0.418 e. The van der Waals surface area contributed by atoms with Crippen molar-refractivity contribution in [3.05, 3.63) is 60.4 Å². The summed E-state index contributed by atoms with van der Waals surface area (Å²) in [5.74, 6) is -0.214. The molecule has 0 spiro atoms. The number of halogens is 5. The molecule has 0 bridgehead atoms. The Morgan fingerprint density at radius 2 is 1.48 bits per heavy atom. The number of hydrogen-bond donors (Lipinski definition) is 1. The highest BCUT2D eigenvalue weighted by molar-refractivity contribution is 6.50. The molecule has 1 N–H and O–H groups in total. The van der Waals surface area contributed by atoms with Crippen LogP contribution in [0.1, 0.15) is 1.43 Å². The van der Waals surface area contributed by atoms with Crippen LogP contribution in [0.3, 0.4) is 0 Å². The van der Waals surface area contributed by atoms with Gasteiger partial charge in [-0.3, -0.25) is 0 Å². The summed E-state index contributed by atoms with van der Waals surface area (Å²) in [6, 6.07) is 16.8. The Labute approximate surface area is 119 Å². The first kappa shape index (κ1) is 15.1. The van der Waals surface area contributed by atoms with Crippen LogP contribution in [0.4, 0.5) is 21.7 Å². The molecular weight excluding hydrogens is 288 g/mol. The number of aromatic amines is 1. The minimum atomic E-state index is -6.00. The fourth-order valence-corrected chi connectivity index (χ4v) is 1.87. The number of fused-ring (bicyclic) bond motifs is 1. The lowest BCUT2D eigenvalue weighted by atomic mass is 10.1. The summed E-state index contributed by atoms with van der Waals surface area (Å²) in [4.78, 5) is 3.21. The van der Waals surface area contributed by atoms with E-state index in [0.29, 0.717) is 0 Å². The summed E-state index contributed by atoms with van der Waals surface area (Å²) in [5.41, 5.74) is 2.96. The van der Waals surface area contributed by atoms with Crippen molar-refractivity contribution in [3.63, 3.8) is 0 Å². The van der Waals surface area contributed by atoms with Crippen molar-refractivity contribution < 1.29 is 23.1 Å². The van der Waals surface area contributed by atoms with Crippen LogP contribution in [0.25, 0.3) is 22.2 Å². The van der Waals surface area contributed by atoms with Gasteiger partial charge in [-0.1, -0.05) is 30.3 Å². The summed E-state index contributed by atoms with van der Waals surface area (Å²) >= 11 is 0. The molecule has 0 aliphatic heterocycles. The van der Waals surface area contributed by atoms with Gasteiger partial charge in [0.15, 0.2) is 0 Å². The second-order valence-electron chi connectivity index (χ2n) is 4.28. The zero-order valence-electron chi connectivity index (χ0n) is 11.7. The van der Waals surface area contributed by atoms with E-state index in [0.717, 1.165) is 22.2 Å². The van der Waals surface area contributed by atoms with E-state index < -0.39 is 7.25 Å². The molecule has 0 saturated carbocycles. The maximum Gasteiger partial charge on any atom is 1.00 e. The molecular formula is C14H11BF5N. The van der Waals surface area contributed by atoms with Crippen LogP contribution in [-0.4, -0.2) is 12.2 Å². The predicted molar refractivity (Wildman–Crippen MR) is 75.0 cm³/mol. The Kier molecular flexibility index (Phi) is 4.30. The highest BCUT2D eigenvalue weighted by atomic mass is 19.5. The number of aromatic nitrogens is 1. The van der Waals surface area contributed by atoms with E-state index in [-0.39, 0.29) is 7.24 Å². The van der Waals surface area contributed by atoms with E-state index in [2.05, 4.69) is 4.98 Å². The van der Waals surface area contributed by atoms with E-state index in [9.17, 15) is 21.7 Å². The lowest BCUT2D eigenvalue weighted by molar-refractivity contribution is 0.368. The van der Waals surface area contributed by atoms with E-state index in [1.165, 1.54) is 12.1 Å². The molecule has 2 aromatic carbocycles. The summed E-state index contributed by atoms with van der Waals surface area (Å²) in [6.45, 7) is 0. The van der Waals surface area contributed by atoms with Crippen LogP contribution in [0.2, 0.25) is 0 Å². The van der Waals surface area contributed by atoms with E-state index in [4.69, 9.17) is 0 Å². The zero-order chi connectivity index (χ0) is 15.5. The van der Waals surface area contributed by atoms with Crippen LogP contribution in [0.5, 0.6) is 0 Å². The average molecular weight is 299 g/mol. The van der Waals surface area contributed by atoms with Crippen LogP contribution in [0.15, 0.2) is 54.6 Å². The normalized spacial score (nSPS) is 11.1. The first-order valence-electron chi connectivity index (χ1n) is 6.04. The van der Waals surface area contributed by atoms with E-state index in [1.807, 2.05) is 36.4 Å². The van der Waals surface area contributed by atoms with Gasteiger partial charge in [-0.15, -0.1) is 0 Å². The maximum absolute atomic E-state index is 13.0. The molecule has 0 radical (unpaired) electrons. The molecule has 0 unspecified atom stereocenters. The molecule has 0 atom stereocenters. The fraction of sp³-hybridized carbons (Fsp3) is 0. The number of nitrogens with one attached hydrogen (secondary N) is 1. The summed E-state index contributed by atoms with van der Waals surface area (Å²) in [5, 5.41) is 1.03. The quantitative estimate of drug-likeness (QED) is 0.458.